The first kappa shape index (κ1) is 12.9. The fraction of sp³-hybridized carbons (Fsp3) is 0.0476. The van der Waals surface area contributed by atoms with Crippen LogP contribution >= 0.6 is 0 Å². The average molecular weight is 284 g/mol. The maximum atomic E-state index is 10.5. The van der Waals surface area contributed by atoms with Gasteiger partial charge in [-0.2, -0.15) is 0 Å². The van der Waals surface area contributed by atoms with Gasteiger partial charge in [0.1, 0.15) is 5.75 Å². The summed E-state index contributed by atoms with van der Waals surface area (Å²) in [5, 5.41) is 15.1. The van der Waals surface area contributed by atoms with Gasteiger partial charge in [0.05, 0.1) is 0 Å². The molecule has 0 fully saturated rings. The highest BCUT2D eigenvalue weighted by Crippen LogP contribution is 2.36. The van der Waals surface area contributed by atoms with Crippen molar-refractivity contribution >= 4 is 22.4 Å². The average Bonchev–Trinajstić information content (AvgIpc) is 2.56. The number of hydrogen-bond acceptors (Lipinski definition) is 1. The second kappa shape index (κ2) is 4.88. The Labute approximate surface area is 129 Å². The van der Waals surface area contributed by atoms with Crippen LogP contribution in [0, 0.1) is 0 Å². The molecule has 1 heteroatoms. The van der Waals surface area contributed by atoms with Gasteiger partial charge in [-0.15, -0.1) is 0 Å². The summed E-state index contributed by atoms with van der Waals surface area (Å²) in [4.78, 5) is 0. The van der Waals surface area contributed by atoms with Crippen LogP contribution in [0.4, 0.5) is 0 Å². The number of phenolic OH excluding ortho intramolecular Hbond substituents is 1. The lowest BCUT2D eigenvalue weighted by Gasteiger charge is -2.18. The van der Waals surface area contributed by atoms with Gasteiger partial charge in [0, 0.05) is 5.56 Å². The largest absolute Gasteiger partial charge is 0.507 e. The van der Waals surface area contributed by atoms with Crippen molar-refractivity contribution in [3.8, 4) is 5.75 Å². The minimum atomic E-state index is 0.312. The number of allylic oxidation sites excluding steroid dienone is 1. The second-order valence-corrected chi connectivity index (χ2v) is 5.65. The first-order valence-electron chi connectivity index (χ1n) is 7.44. The summed E-state index contributed by atoms with van der Waals surface area (Å²) in [6.07, 6.45) is 3.01. The van der Waals surface area contributed by atoms with Crippen LogP contribution in [0.15, 0.2) is 72.8 Å². The fourth-order valence-corrected chi connectivity index (χ4v) is 3.26. The Morgan fingerprint density at radius 2 is 1.64 bits per heavy atom. The van der Waals surface area contributed by atoms with Crippen molar-refractivity contribution in [1.29, 1.82) is 0 Å². The number of aromatic hydroxyl groups is 1. The molecule has 1 aliphatic carbocycles. The van der Waals surface area contributed by atoms with Crippen molar-refractivity contribution in [2.24, 2.45) is 0 Å². The van der Waals surface area contributed by atoms with E-state index in [0.717, 1.165) is 39.1 Å². The van der Waals surface area contributed by atoms with Gasteiger partial charge in [0.25, 0.3) is 0 Å². The summed E-state index contributed by atoms with van der Waals surface area (Å²) >= 11 is 0. The molecule has 0 amide bonds. The second-order valence-electron chi connectivity index (χ2n) is 5.65. The third kappa shape index (κ3) is 1.86. The molecule has 0 saturated carbocycles. The van der Waals surface area contributed by atoms with Crippen LogP contribution in [0.3, 0.4) is 0 Å². The minimum Gasteiger partial charge on any atom is -0.507 e. The Hall–Kier alpha value is -2.80. The molecule has 106 valence electrons. The SMILES string of the molecule is C=C1CC=c2ccccc2=C1c1c(O)ccc2ccccc12. The van der Waals surface area contributed by atoms with Gasteiger partial charge >= 0.3 is 0 Å². The predicted octanol–water partition coefficient (Wildman–Crippen LogP) is 3.48. The first-order valence-corrected chi connectivity index (χ1v) is 7.44. The molecular weight excluding hydrogens is 268 g/mol. The summed E-state index contributed by atoms with van der Waals surface area (Å²) < 4.78 is 0. The maximum Gasteiger partial charge on any atom is 0.124 e. The molecule has 3 aromatic rings. The van der Waals surface area contributed by atoms with Crippen molar-refractivity contribution in [2.75, 3.05) is 0 Å². The molecule has 0 heterocycles. The minimum absolute atomic E-state index is 0.312. The summed E-state index contributed by atoms with van der Waals surface area (Å²) in [5.41, 5.74) is 3.00. The van der Waals surface area contributed by atoms with E-state index in [9.17, 15) is 5.11 Å². The molecule has 0 aromatic heterocycles. The van der Waals surface area contributed by atoms with Crippen molar-refractivity contribution in [3.05, 3.63) is 88.8 Å². The predicted molar refractivity (Wildman–Crippen MR) is 92.0 cm³/mol. The summed E-state index contributed by atoms with van der Waals surface area (Å²) in [6, 6.07) is 20.2. The van der Waals surface area contributed by atoms with E-state index in [-0.39, 0.29) is 0 Å². The van der Waals surface area contributed by atoms with E-state index in [1.807, 2.05) is 30.3 Å². The molecule has 1 nitrogen and oxygen atoms in total. The van der Waals surface area contributed by atoms with E-state index in [2.05, 4.69) is 36.9 Å². The topological polar surface area (TPSA) is 20.2 Å². The van der Waals surface area contributed by atoms with E-state index >= 15 is 0 Å². The van der Waals surface area contributed by atoms with Crippen LogP contribution < -0.4 is 10.4 Å². The summed E-state index contributed by atoms with van der Waals surface area (Å²) in [6.45, 7) is 4.24. The van der Waals surface area contributed by atoms with Crippen molar-refractivity contribution in [3.63, 3.8) is 0 Å². The highest BCUT2D eigenvalue weighted by atomic mass is 16.3. The molecule has 1 N–H and O–H groups in total. The molecule has 0 aliphatic heterocycles. The molecule has 0 unspecified atom stereocenters. The summed E-state index contributed by atoms with van der Waals surface area (Å²) in [5.74, 6) is 0.312. The van der Waals surface area contributed by atoms with Gasteiger partial charge < -0.3 is 5.11 Å². The van der Waals surface area contributed by atoms with E-state index in [0.29, 0.717) is 5.75 Å². The van der Waals surface area contributed by atoms with E-state index in [1.165, 1.54) is 5.22 Å². The molecule has 0 spiro atoms. The lowest BCUT2D eigenvalue weighted by atomic mass is 9.87. The summed E-state index contributed by atoms with van der Waals surface area (Å²) in [7, 11) is 0. The lowest BCUT2D eigenvalue weighted by Crippen LogP contribution is -2.30. The molecule has 1 aliphatic rings. The molecule has 0 bridgehead atoms. The number of phenols is 1. The van der Waals surface area contributed by atoms with Gasteiger partial charge in [-0.3, -0.25) is 0 Å². The Balaban J connectivity index is 2.23. The van der Waals surface area contributed by atoms with Crippen molar-refractivity contribution in [2.45, 2.75) is 6.42 Å². The highest BCUT2D eigenvalue weighted by Gasteiger charge is 2.17. The Kier molecular flexibility index (Phi) is 2.87. The Morgan fingerprint density at radius 3 is 2.55 bits per heavy atom. The zero-order valence-corrected chi connectivity index (χ0v) is 12.2. The third-order valence-electron chi connectivity index (χ3n) is 4.31. The normalized spacial score (nSPS) is 13.8. The van der Waals surface area contributed by atoms with E-state index in [4.69, 9.17) is 0 Å². The number of hydrogen-bond donors (Lipinski definition) is 1. The Morgan fingerprint density at radius 1 is 0.864 bits per heavy atom. The first-order chi connectivity index (χ1) is 10.8. The molecular formula is C21H16O. The number of rotatable bonds is 1. The van der Waals surface area contributed by atoms with Crippen molar-refractivity contribution < 1.29 is 5.11 Å². The molecule has 0 atom stereocenters. The van der Waals surface area contributed by atoms with Crippen LogP contribution in [0.1, 0.15) is 12.0 Å². The molecule has 3 aromatic carbocycles. The zero-order valence-electron chi connectivity index (χ0n) is 12.2. The standard InChI is InChI=1S/C21H16O/c1-14-10-11-15-6-2-4-8-17(15)20(14)21-18-9-5-3-7-16(18)12-13-19(21)22/h2-9,11-13,22H,1,10H2. The van der Waals surface area contributed by atoms with Gasteiger partial charge in [0.15, 0.2) is 0 Å². The quantitative estimate of drug-likeness (QED) is 0.725. The zero-order chi connectivity index (χ0) is 15.1. The lowest BCUT2D eigenvalue weighted by molar-refractivity contribution is 0.474. The van der Waals surface area contributed by atoms with Crippen LogP contribution in [0.25, 0.3) is 22.4 Å². The van der Waals surface area contributed by atoms with Gasteiger partial charge in [-0.25, -0.2) is 0 Å². The van der Waals surface area contributed by atoms with E-state index in [1.54, 1.807) is 6.07 Å². The van der Waals surface area contributed by atoms with Crippen LogP contribution in [0.5, 0.6) is 5.75 Å². The molecule has 22 heavy (non-hydrogen) atoms. The monoisotopic (exact) mass is 284 g/mol. The number of fused-ring (bicyclic) bond motifs is 2. The fourth-order valence-electron chi connectivity index (χ4n) is 3.26. The van der Waals surface area contributed by atoms with Crippen LogP contribution in [0.2, 0.25) is 0 Å². The molecule has 4 rings (SSSR count). The van der Waals surface area contributed by atoms with Gasteiger partial charge in [0.2, 0.25) is 0 Å². The Bertz CT molecular complexity index is 1030. The van der Waals surface area contributed by atoms with Gasteiger partial charge in [-0.1, -0.05) is 67.3 Å². The van der Waals surface area contributed by atoms with E-state index < -0.39 is 0 Å². The van der Waals surface area contributed by atoms with Crippen LogP contribution in [-0.4, -0.2) is 5.11 Å². The molecule has 0 radical (unpaired) electrons. The van der Waals surface area contributed by atoms with Gasteiger partial charge in [-0.05, 0) is 44.8 Å². The maximum absolute atomic E-state index is 10.5. The number of benzene rings is 3. The molecule has 0 saturated heterocycles. The third-order valence-corrected chi connectivity index (χ3v) is 4.31. The van der Waals surface area contributed by atoms with Crippen molar-refractivity contribution in [1.82, 2.24) is 0 Å². The highest BCUT2D eigenvalue weighted by molar-refractivity contribution is 6.00. The smallest absolute Gasteiger partial charge is 0.124 e. The van der Waals surface area contributed by atoms with Crippen LogP contribution in [-0.2, 0) is 0 Å².